The number of alkyl halides is 3. The van der Waals surface area contributed by atoms with Gasteiger partial charge in [-0.1, -0.05) is 11.6 Å². The molecule has 6 heteroatoms. The maximum Gasteiger partial charge on any atom is 0.417 e. The number of rotatable bonds is 2. The van der Waals surface area contributed by atoms with E-state index >= 15 is 0 Å². The van der Waals surface area contributed by atoms with Crippen LogP contribution in [0.1, 0.15) is 31.2 Å². The van der Waals surface area contributed by atoms with E-state index in [1.165, 1.54) is 12.1 Å². The fourth-order valence-corrected chi connectivity index (χ4v) is 3.67. The minimum Gasteiger partial charge on any atom is -0.490 e. The van der Waals surface area contributed by atoms with Crippen LogP contribution in [0.5, 0.6) is 5.75 Å². The summed E-state index contributed by atoms with van der Waals surface area (Å²) >= 11 is 5.62. The number of hydrogen-bond donors (Lipinski definition) is 0. The minimum absolute atomic E-state index is 0.0130. The van der Waals surface area contributed by atoms with Crippen molar-refractivity contribution in [3.63, 3.8) is 0 Å². The van der Waals surface area contributed by atoms with E-state index in [1.807, 2.05) is 0 Å². The number of nitrogens with zero attached hydrogens (tertiary/aromatic N) is 1. The quantitative estimate of drug-likeness (QED) is 0.803. The SMILES string of the molecule is CN1[C@@H]2CC[C@H]1C[C@H](Oc1ccc(Cl)c(C(F)(F)F)c1)C2. The molecule has 0 spiro atoms. The molecule has 2 saturated heterocycles. The lowest BCUT2D eigenvalue weighted by atomic mass is 10.0. The average Bonchev–Trinajstić information content (AvgIpc) is 2.62. The summed E-state index contributed by atoms with van der Waals surface area (Å²) in [6, 6.07) is 4.75. The Hall–Kier alpha value is -0.940. The second-order valence-electron chi connectivity index (χ2n) is 5.90. The molecule has 1 aromatic rings. The topological polar surface area (TPSA) is 12.5 Å². The normalized spacial score (nSPS) is 29.7. The standard InChI is InChI=1S/C15H17ClF3NO/c1-20-9-2-3-10(20)7-12(6-9)21-11-4-5-14(16)13(8-11)15(17,18)19/h4-5,8-10,12H,2-3,6-7H2,1H3/t9-,10+,12-. The largest absolute Gasteiger partial charge is 0.490 e. The Morgan fingerprint density at radius 2 is 1.81 bits per heavy atom. The Labute approximate surface area is 126 Å². The number of benzene rings is 1. The average molecular weight is 320 g/mol. The van der Waals surface area contributed by atoms with Crippen molar-refractivity contribution in [2.45, 2.75) is 50.0 Å². The molecule has 2 nitrogen and oxygen atoms in total. The summed E-state index contributed by atoms with van der Waals surface area (Å²) in [7, 11) is 2.11. The molecule has 2 aliphatic heterocycles. The van der Waals surface area contributed by atoms with Crippen LogP contribution in [-0.4, -0.2) is 30.1 Å². The van der Waals surface area contributed by atoms with Crippen LogP contribution in [0, 0.1) is 0 Å². The van der Waals surface area contributed by atoms with Crippen LogP contribution < -0.4 is 4.74 Å². The van der Waals surface area contributed by atoms with Crippen molar-refractivity contribution in [3.8, 4) is 5.75 Å². The van der Waals surface area contributed by atoms with E-state index in [1.54, 1.807) is 0 Å². The molecule has 2 aliphatic rings. The molecular weight excluding hydrogens is 303 g/mol. The Morgan fingerprint density at radius 1 is 1.19 bits per heavy atom. The first kappa shape index (κ1) is 15.0. The fourth-order valence-electron chi connectivity index (χ4n) is 3.45. The number of fused-ring (bicyclic) bond motifs is 2. The van der Waals surface area contributed by atoms with E-state index in [0.717, 1.165) is 31.7 Å². The van der Waals surface area contributed by atoms with Gasteiger partial charge in [0.1, 0.15) is 11.9 Å². The maximum atomic E-state index is 12.8. The van der Waals surface area contributed by atoms with Crippen molar-refractivity contribution in [2.24, 2.45) is 0 Å². The van der Waals surface area contributed by atoms with Gasteiger partial charge in [-0.15, -0.1) is 0 Å². The second kappa shape index (κ2) is 5.36. The van der Waals surface area contributed by atoms with Gasteiger partial charge in [-0.25, -0.2) is 0 Å². The second-order valence-corrected chi connectivity index (χ2v) is 6.31. The highest BCUT2D eigenvalue weighted by molar-refractivity contribution is 6.31. The third-order valence-corrected chi connectivity index (χ3v) is 4.93. The van der Waals surface area contributed by atoms with Crippen LogP contribution in [0.4, 0.5) is 13.2 Å². The first-order valence-electron chi connectivity index (χ1n) is 7.10. The lowest BCUT2D eigenvalue weighted by molar-refractivity contribution is -0.137. The molecule has 0 unspecified atom stereocenters. The van der Waals surface area contributed by atoms with Gasteiger partial charge >= 0.3 is 6.18 Å². The summed E-state index contributed by atoms with van der Waals surface area (Å²) in [4.78, 5) is 2.36. The van der Waals surface area contributed by atoms with Crippen LogP contribution in [0.15, 0.2) is 18.2 Å². The molecule has 0 amide bonds. The lowest BCUT2D eigenvalue weighted by Gasteiger charge is -2.36. The Balaban J connectivity index is 1.74. The van der Waals surface area contributed by atoms with Crippen molar-refractivity contribution in [1.82, 2.24) is 4.90 Å². The Bertz CT molecular complexity index is 520. The highest BCUT2D eigenvalue weighted by Crippen LogP contribution is 2.39. The van der Waals surface area contributed by atoms with Gasteiger partial charge in [0.2, 0.25) is 0 Å². The van der Waals surface area contributed by atoms with Crippen molar-refractivity contribution in [1.29, 1.82) is 0 Å². The highest BCUT2D eigenvalue weighted by atomic mass is 35.5. The zero-order valence-electron chi connectivity index (χ0n) is 11.7. The molecule has 2 heterocycles. The van der Waals surface area contributed by atoms with E-state index in [9.17, 15) is 13.2 Å². The molecule has 116 valence electrons. The molecule has 0 N–H and O–H groups in total. The van der Waals surface area contributed by atoms with Gasteiger partial charge in [0.15, 0.2) is 0 Å². The first-order chi connectivity index (χ1) is 9.84. The third-order valence-electron chi connectivity index (χ3n) is 4.60. The first-order valence-corrected chi connectivity index (χ1v) is 7.47. The minimum atomic E-state index is -4.46. The van der Waals surface area contributed by atoms with Crippen molar-refractivity contribution < 1.29 is 17.9 Å². The molecule has 21 heavy (non-hydrogen) atoms. The van der Waals surface area contributed by atoms with Crippen molar-refractivity contribution in [2.75, 3.05) is 7.05 Å². The molecule has 3 rings (SSSR count). The summed E-state index contributed by atoms with van der Waals surface area (Å²) in [5.41, 5.74) is -0.836. The van der Waals surface area contributed by atoms with Gasteiger partial charge < -0.3 is 9.64 Å². The Morgan fingerprint density at radius 3 is 2.38 bits per heavy atom. The van der Waals surface area contributed by atoms with E-state index in [-0.39, 0.29) is 16.9 Å². The molecule has 1 aromatic carbocycles. The van der Waals surface area contributed by atoms with Gasteiger partial charge in [0.25, 0.3) is 0 Å². The van der Waals surface area contributed by atoms with Gasteiger partial charge in [-0.3, -0.25) is 0 Å². The molecule has 0 aromatic heterocycles. The molecule has 2 fully saturated rings. The summed E-state index contributed by atoms with van der Waals surface area (Å²) in [6.45, 7) is 0. The highest BCUT2D eigenvalue weighted by Gasteiger charge is 2.39. The van der Waals surface area contributed by atoms with E-state index in [2.05, 4.69) is 11.9 Å². The molecule has 0 saturated carbocycles. The molecule has 2 bridgehead atoms. The fraction of sp³-hybridized carbons (Fsp3) is 0.600. The number of hydrogen-bond acceptors (Lipinski definition) is 2. The summed E-state index contributed by atoms with van der Waals surface area (Å²) in [5, 5.41) is -0.293. The number of halogens is 4. The van der Waals surface area contributed by atoms with Crippen LogP contribution in [-0.2, 0) is 6.18 Å². The predicted molar refractivity (Wildman–Crippen MR) is 74.7 cm³/mol. The molecule has 0 aliphatic carbocycles. The van der Waals surface area contributed by atoms with Gasteiger partial charge in [0, 0.05) is 12.1 Å². The molecule has 3 atom stereocenters. The summed E-state index contributed by atoms with van der Waals surface area (Å²) < 4.78 is 44.3. The predicted octanol–water partition coefficient (Wildman–Crippen LogP) is 4.36. The zero-order chi connectivity index (χ0) is 15.2. The van der Waals surface area contributed by atoms with Crippen LogP contribution in [0.3, 0.4) is 0 Å². The van der Waals surface area contributed by atoms with Crippen LogP contribution >= 0.6 is 11.6 Å². The van der Waals surface area contributed by atoms with Crippen LogP contribution in [0.2, 0.25) is 5.02 Å². The van der Waals surface area contributed by atoms with E-state index < -0.39 is 11.7 Å². The third kappa shape index (κ3) is 2.99. The van der Waals surface area contributed by atoms with Crippen molar-refractivity contribution >= 4 is 11.6 Å². The smallest absolute Gasteiger partial charge is 0.417 e. The van der Waals surface area contributed by atoms with Crippen molar-refractivity contribution in [3.05, 3.63) is 28.8 Å². The maximum absolute atomic E-state index is 12.8. The van der Waals surface area contributed by atoms with Gasteiger partial charge in [0.05, 0.1) is 10.6 Å². The van der Waals surface area contributed by atoms with Crippen LogP contribution in [0.25, 0.3) is 0 Å². The van der Waals surface area contributed by atoms with E-state index in [4.69, 9.17) is 16.3 Å². The van der Waals surface area contributed by atoms with Gasteiger partial charge in [-0.2, -0.15) is 13.2 Å². The number of piperidine rings is 1. The van der Waals surface area contributed by atoms with Gasteiger partial charge in [-0.05, 0) is 50.9 Å². The lowest BCUT2D eigenvalue weighted by Crippen LogP contribution is -2.43. The summed E-state index contributed by atoms with van der Waals surface area (Å²) in [6.07, 6.45) is -0.429. The molecular formula is C15H17ClF3NO. The molecule has 0 radical (unpaired) electrons. The summed E-state index contributed by atoms with van der Waals surface area (Å²) in [5.74, 6) is 0.251. The zero-order valence-corrected chi connectivity index (χ0v) is 12.4. The number of ether oxygens (including phenoxy) is 1. The Kier molecular flexibility index (Phi) is 3.82. The van der Waals surface area contributed by atoms with E-state index in [0.29, 0.717) is 12.1 Å². The monoisotopic (exact) mass is 319 g/mol.